The monoisotopic (exact) mass is 225 g/mol. The second-order valence-corrected chi connectivity index (χ2v) is 3.16. The van der Waals surface area contributed by atoms with Crippen molar-refractivity contribution in [2.75, 3.05) is 18.8 Å². The molecule has 0 saturated carbocycles. The Balaban J connectivity index is 2.31. The summed E-state index contributed by atoms with van der Waals surface area (Å²) in [5.41, 5.74) is 5.99. The first-order valence-electron chi connectivity index (χ1n) is 4.99. The summed E-state index contributed by atoms with van der Waals surface area (Å²) in [6.45, 7) is 2.69. The summed E-state index contributed by atoms with van der Waals surface area (Å²) >= 11 is 0. The van der Waals surface area contributed by atoms with E-state index in [4.69, 9.17) is 5.73 Å². The van der Waals surface area contributed by atoms with Crippen molar-refractivity contribution >= 4 is 17.5 Å². The SMILES string of the molecule is CCNC(=O)CCNC(=O)c1[nH]ncc1N. The molecule has 0 radical (unpaired) electrons. The number of nitrogens with one attached hydrogen (secondary N) is 3. The van der Waals surface area contributed by atoms with Crippen molar-refractivity contribution < 1.29 is 9.59 Å². The van der Waals surface area contributed by atoms with Gasteiger partial charge in [0.1, 0.15) is 5.69 Å². The number of anilines is 1. The molecule has 1 aromatic rings. The number of carbonyl (C=O) groups excluding carboxylic acids is 2. The molecule has 88 valence electrons. The predicted molar refractivity (Wildman–Crippen MR) is 58.6 cm³/mol. The predicted octanol–water partition coefficient (Wildman–Crippen LogP) is -0.752. The van der Waals surface area contributed by atoms with Crippen molar-refractivity contribution in [1.82, 2.24) is 20.8 Å². The van der Waals surface area contributed by atoms with Crippen molar-refractivity contribution in [3.8, 4) is 0 Å². The second kappa shape index (κ2) is 5.74. The number of nitrogen functional groups attached to an aromatic ring is 1. The number of hydrogen-bond donors (Lipinski definition) is 4. The number of hydrogen-bond acceptors (Lipinski definition) is 4. The molecule has 0 aliphatic heterocycles. The molecule has 0 aliphatic rings. The molecule has 16 heavy (non-hydrogen) atoms. The van der Waals surface area contributed by atoms with E-state index in [0.29, 0.717) is 6.54 Å². The molecule has 5 N–H and O–H groups in total. The highest BCUT2D eigenvalue weighted by Gasteiger charge is 2.11. The highest BCUT2D eigenvalue weighted by Crippen LogP contribution is 2.04. The van der Waals surface area contributed by atoms with Crippen LogP contribution in [0.1, 0.15) is 23.8 Å². The first-order chi connectivity index (χ1) is 7.65. The fraction of sp³-hybridized carbons (Fsp3) is 0.444. The van der Waals surface area contributed by atoms with Crippen molar-refractivity contribution in [1.29, 1.82) is 0 Å². The molecule has 0 aromatic carbocycles. The summed E-state index contributed by atoms with van der Waals surface area (Å²) in [6, 6.07) is 0. The van der Waals surface area contributed by atoms with E-state index < -0.39 is 0 Å². The van der Waals surface area contributed by atoms with Crippen LogP contribution in [-0.2, 0) is 4.79 Å². The maximum absolute atomic E-state index is 11.5. The number of nitrogens with zero attached hydrogens (tertiary/aromatic N) is 1. The number of carbonyl (C=O) groups is 2. The van der Waals surface area contributed by atoms with Crippen LogP contribution in [0.3, 0.4) is 0 Å². The quantitative estimate of drug-likeness (QED) is 0.528. The molecule has 0 atom stereocenters. The van der Waals surface area contributed by atoms with Crippen LogP contribution in [0.5, 0.6) is 0 Å². The molecule has 1 aromatic heterocycles. The van der Waals surface area contributed by atoms with E-state index in [2.05, 4.69) is 20.8 Å². The van der Waals surface area contributed by atoms with Crippen molar-refractivity contribution in [2.24, 2.45) is 0 Å². The fourth-order valence-corrected chi connectivity index (χ4v) is 1.14. The molecule has 7 nitrogen and oxygen atoms in total. The molecule has 0 spiro atoms. The minimum Gasteiger partial charge on any atom is -0.396 e. The lowest BCUT2D eigenvalue weighted by Gasteiger charge is -2.04. The molecule has 0 aliphatic carbocycles. The van der Waals surface area contributed by atoms with Crippen LogP contribution in [-0.4, -0.2) is 35.1 Å². The normalized spacial score (nSPS) is 9.81. The van der Waals surface area contributed by atoms with Crippen molar-refractivity contribution in [3.05, 3.63) is 11.9 Å². The molecule has 1 rings (SSSR count). The molecule has 1 heterocycles. The first-order valence-corrected chi connectivity index (χ1v) is 4.99. The van der Waals surface area contributed by atoms with Gasteiger partial charge in [-0.15, -0.1) is 0 Å². The Morgan fingerprint density at radius 1 is 1.50 bits per heavy atom. The van der Waals surface area contributed by atoms with Gasteiger partial charge in [0.25, 0.3) is 5.91 Å². The number of amides is 2. The Labute approximate surface area is 92.8 Å². The van der Waals surface area contributed by atoms with Gasteiger partial charge in [-0.25, -0.2) is 0 Å². The van der Waals surface area contributed by atoms with E-state index in [0.717, 1.165) is 0 Å². The summed E-state index contributed by atoms with van der Waals surface area (Å²) in [6.07, 6.45) is 1.60. The van der Waals surface area contributed by atoms with Crippen LogP contribution in [0.4, 0.5) is 5.69 Å². The Hall–Kier alpha value is -2.05. The third-order valence-electron chi connectivity index (χ3n) is 1.91. The van der Waals surface area contributed by atoms with Gasteiger partial charge in [-0.2, -0.15) is 5.10 Å². The number of aromatic amines is 1. The van der Waals surface area contributed by atoms with E-state index in [1.807, 2.05) is 6.92 Å². The topological polar surface area (TPSA) is 113 Å². The number of H-pyrrole nitrogens is 1. The van der Waals surface area contributed by atoms with Crippen LogP contribution in [0.2, 0.25) is 0 Å². The zero-order valence-electron chi connectivity index (χ0n) is 9.04. The van der Waals surface area contributed by atoms with Gasteiger partial charge in [0, 0.05) is 19.5 Å². The van der Waals surface area contributed by atoms with Gasteiger partial charge in [-0.3, -0.25) is 14.7 Å². The van der Waals surface area contributed by atoms with E-state index in [-0.39, 0.29) is 36.2 Å². The van der Waals surface area contributed by atoms with Crippen LogP contribution in [0, 0.1) is 0 Å². The third-order valence-corrected chi connectivity index (χ3v) is 1.91. The molecule has 2 amide bonds. The lowest BCUT2D eigenvalue weighted by molar-refractivity contribution is -0.120. The summed E-state index contributed by atoms with van der Waals surface area (Å²) in [7, 11) is 0. The van der Waals surface area contributed by atoms with Gasteiger partial charge in [0.2, 0.25) is 5.91 Å². The Morgan fingerprint density at radius 3 is 2.81 bits per heavy atom. The molecule has 0 saturated heterocycles. The maximum atomic E-state index is 11.5. The molecule has 0 bridgehead atoms. The van der Waals surface area contributed by atoms with Crippen LogP contribution in [0.25, 0.3) is 0 Å². The summed E-state index contributed by atoms with van der Waals surface area (Å²) in [5, 5.41) is 11.3. The lowest BCUT2D eigenvalue weighted by atomic mass is 10.3. The van der Waals surface area contributed by atoms with Gasteiger partial charge in [-0.05, 0) is 6.92 Å². The summed E-state index contributed by atoms with van der Waals surface area (Å²) < 4.78 is 0. The van der Waals surface area contributed by atoms with Gasteiger partial charge in [0.05, 0.1) is 11.9 Å². The Kier molecular flexibility index (Phi) is 4.31. The van der Waals surface area contributed by atoms with E-state index in [1.165, 1.54) is 6.20 Å². The van der Waals surface area contributed by atoms with E-state index in [9.17, 15) is 9.59 Å². The van der Waals surface area contributed by atoms with Crippen molar-refractivity contribution in [2.45, 2.75) is 13.3 Å². The van der Waals surface area contributed by atoms with E-state index >= 15 is 0 Å². The second-order valence-electron chi connectivity index (χ2n) is 3.16. The molecule has 0 fully saturated rings. The molecular formula is C9H15N5O2. The lowest BCUT2D eigenvalue weighted by Crippen LogP contribution is -2.31. The molecular weight excluding hydrogens is 210 g/mol. The maximum Gasteiger partial charge on any atom is 0.271 e. The van der Waals surface area contributed by atoms with Crippen molar-refractivity contribution in [3.63, 3.8) is 0 Å². The average Bonchev–Trinajstić information content (AvgIpc) is 2.64. The fourth-order valence-electron chi connectivity index (χ4n) is 1.14. The zero-order chi connectivity index (χ0) is 12.0. The van der Waals surface area contributed by atoms with Crippen LogP contribution < -0.4 is 16.4 Å². The third kappa shape index (κ3) is 3.26. The molecule has 0 unspecified atom stereocenters. The number of nitrogens with two attached hydrogens (primary N) is 1. The highest BCUT2D eigenvalue weighted by molar-refractivity contribution is 5.97. The minimum absolute atomic E-state index is 0.0969. The number of rotatable bonds is 5. The standard InChI is InChI=1S/C9H15N5O2/c1-2-11-7(15)3-4-12-9(16)8-6(10)5-13-14-8/h5H,2-4,10H2,1H3,(H,11,15)(H,12,16)(H,13,14). The molecule has 7 heteroatoms. The van der Waals surface area contributed by atoms with Crippen LogP contribution >= 0.6 is 0 Å². The Morgan fingerprint density at radius 2 is 2.25 bits per heavy atom. The zero-order valence-corrected chi connectivity index (χ0v) is 9.04. The highest BCUT2D eigenvalue weighted by atomic mass is 16.2. The van der Waals surface area contributed by atoms with Crippen LogP contribution in [0.15, 0.2) is 6.20 Å². The Bertz CT molecular complexity index is 374. The minimum atomic E-state index is -0.362. The summed E-state index contributed by atoms with van der Waals surface area (Å²) in [4.78, 5) is 22.5. The first kappa shape index (κ1) is 12.0. The average molecular weight is 225 g/mol. The van der Waals surface area contributed by atoms with Gasteiger partial charge in [-0.1, -0.05) is 0 Å². The summed E-state index contributed by atoms with van der Waals surface area (Å²) in [5.74, 6) is -0.459. The smallest absolute Gasteiger partial charge is 0.271 e. The largest absolute Gasteiger partial charge is 0.396 e. The van der Waals surface area contributed by atoms with Gasteiger partial charge >= 0.3 is 0 Å². The van der Waals surface area contributed by atoms with Gasteiger partial charge in [0.15, 0.2) is 0 Å². The van der Waals surface area contributed by atoms with Gasteiger partial charge < -0.3 is 16.4 Å². The number of aromatic nitrogens is 2. The van der Waals surface area contributed by atoms with E-state index in [1.54, 1.807) is 0 Å².